The molecule has 3 nitrogen and oxygen atoms in total. The van der Waals surface area contributed by atoms with E-state index in [0.717, 1.165) is 17.7 Å². The van der Waals surface area contributed by atoms with E-state index in [-0.39, 0.29) is 12.3 Å². The quantitative estimate of drug-likeness (QED) is 0.844. The molecular weight excluding hydrogens is 240 g/mol. The van der Waals surface area contributed by atoms with Gasteiger partial charge in [0.15, 0.2) is 0 Å². The molecule has 0 amide bonds. The third-order valence-corrected chi connectivity index (χ3v) is 3.09. The fourth-order valence-electron chi connectivity index (χ4n) is 1.75. The van der Waals surface area contributed by atoms with E-state index in [2.05, 4.69) is 6.92 Å². The highest BCUT2D eigenvalue weighted by Crippen LogP contribution is 2.30. The van der Waals surface area contributed by atoms with E-state index in [1.54, 1.807) is 13.2 Å². The molecule has 0 aliphatic carbocycles. The van der Waals surface area contributed by atoms with Crippen LogP contribution in [0.2, 0.25) is 5.02 Å². The van der Waals surface area contributed by atoms with Gasteiger partial charge >= 0.3 is 5.97 Å². The third-order valence-electron chi connectivity index (χ3n) is 2.77. The Morgan fingerprint density at radius 3 is 2.76 bits per heavy atom. The largest absolute Gasteiger partial charge is 0.497 e. The Morgan fingerprint density at radius 1 is 1.53 bits per heavy atom. The monoisotopic (exact) mass is 256 g/mol. The zero-order chi connectivity index (χ0) is 12.8. The smallest absolute Gasteiger partial charge is 0.303 e. The van der Waals surface area contributed by atoms with Gasteiger partial charge in [0.2, 0.25) is 0 Å². The highest BCUT2D eigenvalue weighted by Gasteiger charge is 2.11. The number of hydrogen-bond acceptors (Lipinski definition) is 2. The van der Waals surface area contributed by atoms with E-state index < -0.39 is 5.97 Å². The summed E-state index contributed by atoms with van der Waals surface area (Å²) in [6.45, 7) is 2.05. The average molecular weight is 257 g/mol. The van der Waals surface area contributed by atoms with Crippen molar-refractivity contribution in [2.75, 3.05) is 7.11 Å². The lowest BCUT2D eigenvalue weighted by molar-refractivity contribution is -0.137. The van der Waals surface area contributed by atoms with Gasteiger partial charge in [-0.05, 0) is 36.5 Å². The molecule has 0 aliphatic heterocycles. The molecular formula is C13H17ClO3. The molecule has 0 saturated heterocycles. The minimum atomic E-state index is -0.752. The average Bonchev–Trinajstić information content (AvgIpc) is 2.28. The van der Waals surface area contributed by atoms with Crippen molar-refractivity contribution in [1.82, 2.24) is 0 Å². The summed E-state index contributed by atoms with van der Waals surface area (Å²) in [6, 6.07) is 5.59. The number of carbonyl (C=O) groups is 1. The van der Waals surface area contributed by atoms with Gasteiger partial charge in [-0.1, -0.05) is 24.6 Å². The number of hydrogen-bond donors (Lipinski definition) is 1. The summed E-state index contributed by atoms with van der Waals surface area (Å²) in [5, 5.41) is 9.25. The molecule has 94 valence electrons. The fraction of sp³-hybridized carbons (Fsp3) is 0.462. The van der Waals surface area contributed by atoms with Gasteiger partial charge in [-0.25, -0.2) is 0 Å². The summed E-state index contributed by atoms with van der Waals surface area (Å²) in [4.78, 5) is 10.4. The normalized spacial score (nSPS) is 12.2. The topological polar surface area (TPSA) is 46.5 Å². The molecule has 0 spiro atoms. The van der Waals surface area contributed by atoms with Gasteiger partial charge in [0.05, 0.1) is 7.11 Å². The molecule has 0 aromatic heterocycles. The minimum absolute atomic E-state index is 0.206. The Balaban J connectivity index is 2.62. The second-order valence-corrected chi connectivity index (χ2v) is 4.48. The molecule has 0 bridgehead atoms. The van der Waals surface area contributed by atoms with E-state index >= 15 is 0 Å². The van der Waals surface area contributed by atoms with Crippen LogP contribution in [-0.2, 0) is 4.79 Å². The lowest BCUT2D eigenvalue weighted by Gasteiger charge is -2.13. The van der Waals surface area contributed by atoms with Gasteiger partial charge in [-0.15, -0.1) is 0 Å². The van der Waals surface area contributed by atoms with E-state index in [1.165, 1.54) is 0 Å². The molecule has 0 saturated carbocycles. The molecule has 1 N–H and O–H groups in total. The van der Waals surface area contributed by atoms with Crippen molar-refractivity contribution >= 4 is 17.6 Å². The molecule has 0 aliphatic rings. The van der Waals surface area contributed by atoms with Crippen molar-refractivity contribution < 1.29 is 14.6 Å². The number of halogens is 1. The predicted molar refractivity (Wildman–Crippen MR) is 67.9 cm³/mol. The van der Waals surface area contributed by atoms with E-state index in [9.17, 15) is 4.79 Å². The molecule has 1 rings (SSSR count). The Morgan fingerprint density at radius 2 is 2.24 bits per heavy atom. The second-order valence-electron chi connectivity index (χ2n) is 4.07. The van der Waals surface area contributed by atoms with Crippen LogP contribution in [0.5, 0.6) is 5.75 Å². The summed E-state index contributed by atoms with van der Waals surface area (Å²) in [5.41, 5.74) is 1.04. The Hall–Kier alpha value is -1.22. The molecule has 1 aromatic rings. The van der Waals surface area contributed by atoms with E-state index in [1.807, 2.05) is 12.1 Å². The zero-order valence-corrected chi connectivity index (χ0v) is 10.8. The SMILES string of the molecule is COc1ccc(C(C)CCCC(=O)O)c(Cl)c1. The second kappa shape index (κ2) is 6.50. The van der Waals surface area contributed by atoms with Gasteiger partial charge in [0.1, 0.15) is 5.75 Å². The van der Waals surface area contributed by atoms with Crippen LogP contribution in [-0.4, -0.2) is 18.2 Å². The number of benzene rings is 1. The first kappa shape index (κ1) is 13.8. The number of carboxylic acid groups (broad SMARTS) is 1. The van der Waals surface area contributed by atoms with E-state index in [4.69, 9.17) is 21.4 Å². The number of carboxylic acids is 1. The first-order chi connectivity index (χ1) is 8.04. The molecule has 1 unspecified atom stereocenters. The number of methoxy groups -OCH3 is 1. The van der Waals surface area contributed by atoms with Crippen LogP contribution >= 0.6 is 11.6 Å². The lowest BCUT2D eigenvalue weighted by Crippen LogP contribution is -1.99. The number of rotatable bonds is 6. The summed E-state index contributed by atoms with van der Waals surface area (Å²) in [5.74, 6) is 0.238. The van der Waals surface area contributed by atoms with Crippen molar-refractivity contribution in [3.8, 4) is 5.75 Å². The van der Waals surface area contributed by atoms with E-state index in [0.29, 0.717) is 11.4 Å². The van der Waals surface area contributed by atoms with Gasteiger partial charge in [0.25, 0.3) is 0 Å². The number of aliphatic carboxylic acids is 1. The Labute approximate surface area is 106 Å². The standard InChI is InChI=1S/C13H17ClO3/c1-9(4-3-5-13(15)16)11-7-6-10(17-2)8-12(11)14/h6-9H,3-5H2,1-2H3,(H,15,16). The highest BCUT2D eigenvalue weighted by atomic mass is 35.5. The molecule has 0 heterocycles. The number of ether oxygens (including phenoxy) is 1. The van der Waals surface area contributed by atoms with Crippen molar-refractivity contribution in [2.45, 2.75) is 32.1 Å². The van der Waals surface area contributed by atoms with Crippen LogP contribution in [0.1, 0.15) is 37.7 Å². The molecule has 0 radical (unpaired) electrons. The molecule has 0 fully saturated rings. The van der Waals surface area contributed by atoms with Crippen LogP contribution in [0, 0.1) is 0 Å². The molecule has 1 aromatic carbocycles. The molecule has 4 heteroatoms. The van der Waals surface area contributed by atoms with Gasteiger partial charge < -0.3 is 9.84 Å². The first-order valence-corrected chi connectivity index (χ1v) is 5.97. The lowest BCUT2D eigenvalue weighted by atomic mass is 9.95. The van der Waals surface area contributed by atoms with Gasteiger partial charge in [-0.2, -0.15) is 0 Å². The van der Waals surface area contributed by atoms with Crippen LogP contribution in [0.3, 0.4) is 0 Å². The zero-order valence-electron chi connectivity index (χ0n) is 10.1. The van der Waals surface area contributed by atoms with Crippen molar-refractivity contribution in [3.63, 3.8) is 0 Å². The van der Waals surface area contributed by atoms with Crippen LogP contribution in [0.15, 0.2) is 18.2 Å². The van der Waals surface area contributed by atoms with Crippen LogP contribution in [0.4, 0.5) is 0 Å². The fourth-order valence-corrected chi connectivity index (χ4v) is 2.11. The van der Waals surface area contributed by atoms with Gasteiger partial charge in [-0.3, -0.25) is 4.79 Å². The van der Waals surface area contributed by atoms with Gasteiger partial charge in [0, 0.05) is 11.4 Å². The summed E-state index contributed by atoms with van der Waals surface area (Å²) < 4.78 is 5.08. The third kappa shape index (κ3) is 4.27. The maximum absolute atomic E-state index is 10.4. The highest BCUT2D eigenvalue weighted by molar-refractivity contribution is 6.31. The van der Waals surface area contributed by atoms with Crippen molar-refractivity contribution in [3.05, 3.63) is 28.8 Å². The summed E-state index contributed by atoms with van der Waals surface area (Å²) >= 11 is 6.15. The van der Waals surface area contributed by atoms with Crippen LogP contribution in [0.25, 0.3) is 0 Å². The summed E-state index contributed by atoms with van der Waals surface area (Å²) in [7, 11) is 1.60. The first-order valence-electron chi connectivity index (χ1n) is 5.59. The maximum Gasteiger partial charge on any atom is 0.303 e. The summed E-state index contributed by atoms with van der Waals surface area (Å²) in [6.07, 6.45) is 1.69. The maximum atomic E-state index is 10.4. The Bertz CT molecular complexity index is 390. The van der Waals surface area contributed by atoms with Crippen molar-refractivity contribution in [2.24, 2.45) is 0 Å². The van der Waals surface area contributed by atoms with Crippen molar-refractivity contribution in [1.29, 1.82) is 0 Å². The minimum Gasteiger partial charge on any atom is -0.497 e. The molecule has 1 atom stereocenters. The molecule has 17 heavy (non-hydrogen) atoms. The van der Waals surface area contributed by atoms with Crippen LogP contribution < -0.4 is 4.74 Å². The predicted octanol–water partition coefficient (Wildman–Crippen LogP) is 3.71. The Kier molecular flexibility index (Phi) is 5.29.